The summed E-state index contributed by atoms with van der Waals surface area (Å²) < 4.78 is 0. The van der Waals surface area contributed by atoms with Gasteiger partial charge in [-0.25, -0.2) is 0 Å². The van der Waals surface area contributed by atoms with E-state index in [-0.39, 0.29) is 24.8 Å². The van der Waals surface area contributed by atoms with Gasteiger partial charge in [0.2, 0.25) is 11.8 Å². The van der Waals surface area contributed by atoms with Crippen LogP contribution >= 0.6 is 46.4 Å². The number of amides is 2. The van der Waals surface area contributed by atoms with Crippen molar-refractivity contribution in [2.24, 2.45) is 0 Å². The van der Waals surface area contributed by atoms with Gasteiger partial charge in [-0.2, -0.15) is 0 Å². The maximum Gasteiger partial charge on any atom is 0.242 e. The van der Waals surface area contributed by atoms with Gasteiger partial charge in [0.25, 0.3) is 0 Å². The van der Waals surface area contributed by atoms with Crippen molar-refractivity contribution < 1.29 is 9.59 Å². The molecule has 0 spiro atoms. The van der Waals surface area contributed by atoms with E-state index >= 15 is 0 Å². The van der Waals surface area contributed by atoms with Gasteiger partial charge in [-0.3, -0.25) is 9.59 Å². The zero-order valence-electron chi connectivity index (χ0n) is 17.2. The van der Waals surface area contributed by atoms with Crippen molar-refractivity contribution in [3.8, 4) is 0 Å². The lowest BCUT2D eigenvalue weighted by molar-refractivity contribution is -0.140. The zero-order valence-corrected chi connectivity index (χ0v) is 20.3. The van der Waals surface area contributed by atoms with E-state index in [2.05, 4.69) is 5.32 Å². The number of carbonyl (C=O) groups excluding carboxylic acids is 2. The topological polar surface area (TPSA) is 49.4 Å². The molecule has 0 unspecified atom stereocenters. The van der Waals surface area contributed by atoms with Gasteiger partial charge in [0, 0.05) is 27.7 Å². The van der Waals surface area contributed by atoms with Crippen LogP contribution in [0.5, 0.6) is 0 Å². The molecule has 0 radical (unpaired) electrons. The molecule has 1 atom stereocenters. The Morgan fingerprint density at radius 3 is 2.10 bits per heavy atom. The maximum absolute atomic E-state index is 13.2. The smallest absolute Gasteiger partial charge is 0.242 e. The molecule has 0 aliphatic rings. The summed E-state index contributed by atoms with van der Waals surface area (Å²) in [6.45, 7) is 7.41. The van der Waals surface area contributed by atoms with Crippen molar-refractivity contribution in [2.75, 3.05) is 0 Å². The third-order valence-electron chi connectivity index (χ3n) is 4.40. The van der Waals surface area contributed by atoms with Crippen molar-refractivity contribution in [1.29, 1.82) is 0 Å². The molecule has 8 heteroatoms. The normalized spacial score (nSPS) is 12.4. The van der Waals surface area contributed by atoms with E-state index < -0.39 is 11.6 Å². The van der Waals surface area contributed by atoms with Crippen LogP contribution in [0.25, 0.3) is 0 Å². The summed E-state index contributed by atoms with van der Waals surface area (Å²) in [5, 5.41) is 4.54. The highest BCUT2D eigenvalue weighted by molar-refractivity contribution is 6.42. The highest BCUT2D eigenvalue weighted by Crippen LogP contribution is 2.28. The average Bonchev–Trinajstić information content (AvgIpc) is 2.62. The van der Waals surface area contributed by atoms with Crippen LogP contribution in [0.15, 0.2) is 36.4 Å². The second kappa shape index (κ2) is 10.2. The van der Waals surface area contributed by atoms with Crippen LogP contribution in [0.4, 0.5) is 0 Å². The van der Waals surface area contributed by atoms with Crippen LogP contribution in [-0.4, -0.2) is 28.3 Å². The van der Waals surface area contributed by atoms with Crippen LogP contribution in [0, 0.1) is 0 Å². The largest absolute Gasteiger partial charge is 0.350 e. The molecule has 0 heterocycles. The number of nitrogens with zero attached hydrogens (tertiary/aromatic N) is 1. The van der Waals surface area contributed by atoms with Gasteiger partial charge >= 0.3 is 0 Å². The zero-order chi connectivity index (χ0) is 22.6. The fourth-order valence-electron chi connectivity index (χ4n) is 2.84. The quantitative estimate of drug-likeness (QED) is 0.527. The van der Waals surface area contributed by atoms with E-state index in [9.17, 15) is 9.59 Å². The van der Waals surface area contributed by atoms with Gasteiger partial charge in [0.1, 0.15) is 6.04 Å². The number of nitrogens with one attached hydrogen (secondary N) is 1. The Morgan fingerprint density at radius 1 is 0.967 bits per heavy atom. The summed E-state index contributed by atoms with van der Waals surface area (Å²) in [7, 11) is 0. The monoisotopic (exact) mass is 488 g/mol. The van der Waals surface area contributed by atoms with E-state index in [0.717, 1.165) is 0 Å². The van der Waals surface area contributed by atoms with E-state index in [4.69, 9.17) is 46.4 Å². The Balaban J connectivity index is 2.35. The summed E-state index contributed by atoms with van der Waals surface area (Å²) in [5.41, 5.74) is 0.832. The van der Waals surface area contributed by atoms with Crippen LogP contribution < -0.4 is 5.32 Å². The predicted molar refractivity (Wildman–Crippen MR) is 125 cm³/mol. The highest BCUT2D eigenvalue weighted by atomic mass is 35.5. The summed E-state index contributed by atoms with van der Waals surface area (Å²) in [6, 6.07) is 9.39. The second-order valence-corrected chi connectivity index (χ2v) is 9.69. The number of halogens is 4. The first kappa shape index (κ1) is 24.8. The first-order valence-electron chi connectivity index (χ1n) is 9.37. The average molecular weight is 490 g/mol. The number of hydrogen-bond donors (Lipinski definition) is 1. The summed E-state index contributed by atoms with van der Waals surface area (Å²) in [4.78, 5) is 27.5. The van der Waals surface area contributed by atoms with Crippen LogP contribution in [0.1, 0.15) is 38.8 Å². The molecule has 1 N–H and O–H groups in total. The first-order valence-corrected chi connectivity index (χ1v) is 10.9. The molecule has 0 aliphatic heterocycles. The van der Waals surface area contributed by atoms with Gasteiger partial charge in [0.05, 0.1) is 16.5 Å². The molecule has 0 saturated carbocycles. The minimum absolute atomic E-state index is 0.0477. The van der Waals surface area contributed by atoms with Crippen molar-refractivity contribution in [1.82, 2.24) is 10.2 Å². The summed E-state index contributed by atoms with van der Waals surface area (Å²) >= 11 is 24.7. The van der Waals surface area contributed by atoms with Gasteiger partial charge in [-0.15, -0.1) is 0 Å². The lowest BCUT2D eigenvalue weighted by Crippen LogP contribution is -2.52. The van der Waals surface area contributed by atoms with Gasteiger partial charge in [-0.1, -0.05) is 58.5 Å². The molecule has 0 saturated heterocycles. The molecule has 0 fully saturated rings. The van der Waals surface area contributed by atoms with Crippen molar-refractivity contribution in [3.63, 3.8) is 0 Å². The standard InChI is InChI=1S/C22H24Cl4N2O2/c1-13(21(30)27-22(2,3)4)28(12-15-16(23)6-5-7-17(15)24)20(29)11-14-8-9-18(25)19(26)10-14/h5-10,13H,11-12H2,1-4H3,(H,27,30)/t13-/m0/s1. The minimum Gasteiger partial charge on any atom is -0.350 e. The lowest BCUT2D eigenvalue weighted by Gasteiger charge is -2.32. The Hall–Kier alpha value is -1.46. The minimum atomic E-state index is -0.744. The van der Waals surface area contributed by atoms with Crippen LogP contribution in [0.2, 0.25) is 20.1 Å². The summed E-state index contributed by atoms with van der Waals surface area (Å²) in [5.74, 6) is -0.533. The fraction of sp³-hybridized carbons (Fsp3) is 0.364. The molecule has 0 bridgehead atoms. The Bertz CT molecular complexity index is 921. The molecular weight excluding hydrogens is 466 g/mol. The number of hydrogen-bond acceptors (Lipinski definition) is 2. The Kier molecular flexibility index (Phi) is 8.46. The van der Waals surface area contributed by atoms with Crippen molar-refractivity contribution >= 4 is 58.2 Å². The molecule has 30 heavy (non-hydrogen) atoms. The third-order valence-corrected chi connectivity index (χ3v) is 5.84. The van der Waals surface area contributed by atoms with Crippen LogP contribution in [-0.2, 0) is 22.6 Å². The van der Waals surface area contributed by atoms with E-state index in [0.29, 0.717) is 31.2 Å². The fourth-order valence-corrected chi connectivity index (χ4v) is 3.67. The molecule has 162 valence electrons. The molecule has 0 aromatic heterocycles. The maximum atomic E-state index is 13.2. The van der Waals surface area contributed by atoms with Crippen LogP contribution in [0.3, 0.4) is 0 Å². The van der Waals surface area contributed by atoms with E-state index in [1.807, 2.05) is 20.8 Å². The molecule has 0 aliphatic carbocycles. The second-order valence-electron chi connectivity index (χ2n) is 8.06. The van der Waals surface area contributed by atoms with Gasteiger partial charge in [0.15, 0.2) is 0 Å². The number of benzene rings is 2. The van der Waals surface area contributed by atoms with Crippen molar-refractivity contribution in [2.45, 2.75) is 52.2 Å². The molecule has 2 aromatic rings. The number of carbonyl (C=O) groups is 2. The van der Waals surface area contributed by atoms with Crippen molar-refractivity contribution in [3.05, 3.63) is 67.6 Å². The van der Waals surface area contributed by atoms with Gasteiger partial charge in [-0.05, 0) is 57.5 Å². The third kappa shape index (κ3) is 6.78. The lowest BCUT2D eigenvalue weighted by atomic mass is 10.1. The Labute approximate surface area is 197 Å². The molecule has 4 nitrogen and oxygen atoms in total. The molecule has 2 rings (SSSR count). The molecule has 2 amide bonds. The molecular formula is C22H24Cl4N2O2. The highest BCUT2D eigenvalue weighted by Gasteiger charge is 2.29. The Morgan fingerprint density at radius 2 is 1.57 bits per heavy atom. The van der Waals surface area contributed by atoms with E-state index in [1.165, 1.54) is 4.90 Å². The SMILES string of the molecule is C[C@@H](C(=O)NC(C)(C)C)N(Cc1c(Cl)cccc1Cl)C(=O)Cc1ccc(Cl)c(Cl)c1. The van der Waals surface area contributed by atoms with E-state index in [1.54, 1.807) is 43.3 Å². The van der Waals surface area contributed by atoms with Gasteiger partial charge < -0.3 is 10.2 Å². The number of rotatable bonds is 6. The molecule has 2 aromatic carbocycles. The summed E-state index contributed by atoms with van der Waals surface area (Å²) in [6.07, 6.45) is 0.0477. The first-order chi connectivity index (χ1) is 13.9. The predicted octanol–water partition coefficient (Wildman–Crippen LogP) is 6.17.